The maximum Gasteiger partial charge on any atom is 0.330 e. The number of ether oxygens (including phenoxy) is 2. The topological polar surface area (TPSA) is 50.8 Å². The van der Waals surface area contributed by atoms with Crippen LogP contribution in [0.15, 0.2) is 42.5 Å². The number of rotatable bonds is 4. The van der Waals surface area contributed by atoms with Crippen LogP contribution in [0.4, 0.5) is 5.69 Å². The van der Waals surface area contributed by atoms with E-state index in [2.05, 4.69) is 34.5 Å². The van der Waals surface area contributed by atoms with E-state index in [1.165, 1.54) is 30.9 Å². The Morgan fingerprint density at radius 3 is 2.89 bits per heavy atom. The molecule has 0 radical (unpaired) electrons. The van der Waals surface area contributed by atoms with Crippen molar-refractivity contribution in [3.63, 3.8) is 0 Å². The van der Waals surface area contributed by atoms with E-state index < -0.39 is 0 Å². The van der Waals surface area contributed by atoms with Crippen LogP contribution in [-0.4, -0.2) is 45.9 Å². The predicted molar refractivity (Wildman–Crippen MR) is 112 cm³/mol. The fraction of sp³-hybridized carbons (Fsp3) is 0.348. The smallest absolute Gasteiger partial charge is 0.330 e. The van der Waals surface area contributed by atoms with E-state index in [0.29, 0.717) is 6.04 Å². The highest BCUT2D eigenvalue weighted by Crippen LogP contribution is 2.38. The molecule has 2 heterocycles. The summed E-state index contributed by atoms with van der Waals surface area (Å²) in [7, 11) is 3.03. The first-order chi connectivity index (χ1) is 13.7. The fourth-order valence-corrected chi connectivity index (χ4v) is 4.21. The van der Waals surface area contributed by atoms with Crippen LogP contribution in [0.3, 0.4) is 0 Å². The number of hydrogen-bond acceptors (Lipinski definition) is 5. The van der Waals surface area contributed by atoms with Gasteiger partial charge in [-0.1, -0.05) is 12.1 Å². The molecule has 1 saturated heterocycles. The van der Waals surface area contributed by atoms with Crippen molar-refractivity contribution in [2.75, 3.05) is 38.8 Å². The molecule has 4 rings (SSSR count). The van der Waals surface area contributed by atoms with Gasteiger partial charge in [-0.3, -0.25) is 0 Å². The van der Waals surface area contributed by atoms with Crippen LogP contribution in [-0.2, 0) is 16.0 Å². The molecule has 0 bridgehead atoms. The third kappa shape index (κ3) is 3.62. The average Bonchev–Trinajstić information content (AvgIpc) is 2.91. The molecule has 2 aliphatic rings. The molecule has 0 spiro atoms. The van der Waals surface area contributed by atoms with Crippen LogP contribution in [0.2, 0.25) is 0 Å². The number of hydrogen-bond donors (Lipinski definition) is 1. The Labute approximate surface area is 165 Å². The summed E-state index contributed by atoms with van der Waals surface area (Å²) in [6.45, 7) is 3.19. The van der Waals surface area contributed by atoms with Crippen molar-refractivity contribution in [3.8, 4) is 16.9 Å². The summed E-state index contributed by atoms with van der Waals surface area (Å²) in [5.41, 5.74) is 5.93. The monoisotopic (exact) mass is 378 g/mol. The van der Waals surface area contributed by atoms with Gasteiger partial charge in [0.05, 0.1) is 14.2 Å². The minimum absolute atomic E-state index is 0.371. The van der Waals surface area contributed by atoms with Crippen molar-refractivity contribution in [1.29, 1.82) is 0 Å². The Bertz CT molecular complexity index is 907. The third-order valence-corrected chi connectivity index (χ3v) is 5.64. The van der Waals surface area contributed by atoms with Gasteiger partial charge in [-0.05, 0) is 72.0 Å². The van der Waals surface area contributed by atoms with Crippen molar-refractivity contribution in [2.24, 2.45) is 0 Å². The van der Waals surface area contributed by atoms with Crippen molar-refractivity contribution >= 4 is 17.7 Å². The van der Waals surface area contributed by atoms with E-state index in [1.807, 2.05) is 12.1 Å². The summed E-state index contributed by atoms with van der Waals surface area (Å²) in [5, 5.41) is 3.49. The standard InChI is InChI=1S/C23H26N2O3/c1-27-20-5-6-21(17(15-20)4-8-23(26)28-2)16-3-7-22-18(13-16)14-19-9-10-24-11-12-25(19)22/h3-8,13,15,19,24H,9-12,14H2,1-2H3/b8-4-. The largest absolute Gasteiger partial charge is 0.497 e. The van der Waals surface area contributed by atoms with Crippen molar-refractivity contribution in [3.05, 3.63) is 53.6 Å². The van der Waals surface area contributed by atoms with Gasteiger partial charge in [-0.2, -0.15) is 0 Å². The number of benzene rings is 2. The maximum absolute atomic E-state index is 11.6. The minimum atomic E-state index is -0.371. The number of methoxy groups -OCH3 is 2. The summed E-state index contributed by atoms with van der Waals surface area (Å²) in [5.74, 6) is 0.388. The van der Waals surface area contributed by atoms with E-state index >= 15 is 0 Å². The van der Waals surface area contributed by atoms with Crippen LogP contribution in [0.25, 0.3) is 17.2 Å². The molecule has 0 saturated carbocycles. The van der Waals surface area contributed by atoms with Gasteiger partial charge in [0.15, 0.2) is 0 Å². The Kier molecular flexibility index (Phi) is 5.35. The number of fused-ring (bicyclic) bond motifs is 3. The predicted octanol–water partition coefficient (Wildman–Crippen LogP) is 3.27. The molecule has 0 amide bonds. The Morgan fingerprint density at radius 2 is 2.07 bits per heavy atom. The summed E-state index contributed by atoms with van der Waals surface area (Å²) < 4.78 is 10.1. The zero-order valence-electron chi connectivity index (χ0n) is 16.4. The van der Waals surface area contributed by atoms with Crippen LogP contribution < -0.4 is 15.0 Å². The van der Waals surface area contributed by atoms with Gasteiger partial charge >= 0.3 is 5.97 Å². The quantitative estimate of drug-likeness (QED) is 0.654. The molecule has 1 N–H and O–H groups in total. The first-order valence-electron chi connectivity index (χ1n) is 9.74. The summed E-state index contributed by atoms with van der Waals surface area (Å²) in [6, 6.07) is 13.3. The summed E-state index contributed by atoms with van der Waals surface area (Å²) >= 11 is 0. The highest BCUT2D eigenvalue weighted by atomic mass is 16.5. The number of carbonyl (C=O) groups excluding carboxylic acids is 1. The third-order valence-electron chi connectivity index (χ3n) is 5.64. The van der Waals surface area contributed by atoms with Crippen molar-refractivity contribution in [2.45, 2.75) is 18.9 Å². The molecule has 1 atom stereocenters. The second-order valence-electron chi connectivity index (χ2n) is 7.24. The highest BCUT2D eigenvalue weighted by molar-refractivity contribution is 5.89. The number of nitrogens with zero attached hydrogens (tertiary/aromatic N) is 1. The average molecular weight is 378 g/mol. The lowest BCUT2D eigenvalue weighted by Gasteiger charge is -2.24. The number of anilines is 1. The molecule has 0 aromatic heterocycles. The van der Waals surface area contributed by atoms with Crippen LogP contribution in [0, 0.1) is 0 Å². The SMILES string of the molecule is COC(=O)/C=C\c1cc(OC)ccc1-c1ccc2c(c1)CC1CCNCCN21. The number of nitrogens with one attached hydrogen (secondary N) is 1. The first kappa shape index (κ1) is 18.6. The van der Waals surface area contributed by atoms with Crippen LogP contribution >= 0.6 is 0 Å². The molecule has 5 heteroatoms. The van der Waals surface area contributed by atoms with Crippen molar-refractivity contribution < 1.29 is 14.3 Å². The zero-order valence-corrected chi connectivity index (χ0v) is 16.4. The Hall–Kier alpha value is -2.79. The van der Waals surface area contributed by atoms with E-state index in [4.69, 9.17) is 9.47 Å². The number of esters is 1. The van der Waals surface area contributed by atoms with Gasteiger partial charge in [0.1, 0.15) is 5.75 Å². The van der Waals surface area contributed by atoms with Gasteiger partial charge in [0.2, 0.25) is 0 Å². The maximum atomic E-state index is 11.6. The van der Waals surface area contributed by atoms with E-state index in [9.17, 15) is 4.79 Å². The summed E-state index contributed by atoms with van der Waals surface area (Å²) in [6.07, 6.45) is 5.51. The van der Waals surface area contributed by atoms with Gasteiger partial charge in [0.25, 0.3) is 0 Å². The highest BCUT2D eigenvalue weighted by Gasteiger charge is 2.30. The Balaban J connectivity index is 1.70. The molecular formula is C23H26N2O3. The zero-order chi connectivity index (χ0) is 19.5. The van der Waals surface area contributed by atoms with E-state index in [-0.39, 0.29) is 5.97 Å². The molecule has 146 valence electrons. The van der Waals surface area contributed by atoms with Gasteiger partial charge in [-0.25, -0.2) is 4.79 Å². The molecule has 2 aromatic carbocycles. The lowest BCUT2D eigenvalue weighted by molar-refractivity contribution is -0.134. The second kappa shape index (κ2) is 8.07. The minimum Gasteiger partial charge on any atom is -0.497 e. The molecule has 2 aromatic rings. The van der Waals surface area contributed by atoms with E-state index in [0.717, 1.165) is 48.5 Å². The molecule has 2 aliphatic heterocycles. The number of carbonyl (C=O) groups is 1. The van der Waals surface area contributed by atoms with Crippen molar-refractivity contribution in [1.82, 2.24) is 5.32 Å². The van der Waals surface area contributed by atoms with Crippen LogP contribution in [0.5, 0.6) is 5.75 Å². The van der Waals surface area contributed by atoms with Gasteiger partial charge in [-0.15, -0.1) is 0 Å². The second-order valence-corrected chi connectivity index (χ2v) is 7.24. The molecule has 1 fully saturated rings. The van der Waals surface area contributed by atoms with Gasteiger partial charge in [0, 0.05) is 30.9 Å². The molecule has 0 aliphatic carbocycles. The summed E-state index contributed by atoms with van der Waals surface area (Å²) in [4.78, 5) is 14.1. The first-order valence-corrected chi connectivity index (χ1v) is 9.74. The normalized spacial score (nSPS) is 18.5. The molecule has 28 heavy (non-hydrogen) atoms. The lowest BCUT2D eigenvalue weighted by atomic mass is 9.96. The van der Waals surface area contributed by atoms with Crippen LogP contribution in [0.1, 0.15) is 17.5 Å². The van der Waals surface area contributed by atoms with Gasteiger partial charge < -0.3 is 19.7 Å². The Morgan fingerprint density at radius 1 is 1.18 bits per heavy atom. The molecule has 1 unspecified atom stereocenters. The molecule has 5 nitrogen and oxygen atoms in total. The lowest BCUT2D eigenvalue weighted by Crippen LogP contribution is -2.32. The fourth-order valence-electron chi connectivity index (χ4n) is 4.21. The van der Waals surface area contributed by atoms with E-state index in [1.54, 1.807) is 13.2 Å². The molecular weight excluding hydrogens is 352 g/mol.